The van der Waals surface area contributed by atoms with Gasteiger partial charge in [0.1, 0.15) is 17.5 Å². The summed E-state index contributed by atoms with van der Waals surface area (Å²) in [5.41, 5.74) is 12.0. The summed E-state index contributed by atoms with van der Waals surface area (Å²) in [7, 11) is 3.49. The highest BCUT2D eigenvalue weighted by Gasteiger charge is 2.17. The van der Waals surface area contributed by atoms with Crippen LogP contribution in [0.3, 0.4) is 0 Å². The number of fused-ring (bicyclic) bond motifs is 1. The molecule has 47 heavy (non-hydrogen) atoms. The molecule has 3 aromatic rings. The molecule has 4 rings (SSSR count). The lowest BCUT2D eigenvalue weighted by Gasteiger charge is -2.16. The second-order valence-corrected chi connectivity index (χ2v) is 10.9. The van der Waals surface area contributed by atoms with Crippen molar-refractivity contribution in [2.45, 2.75) is 79.2 Å². The number of para-hydroxylation sites is 1. The van der Waals surface area contributed by atoms with Gasteiger partial charge in [0.2, 0.25) is 0 Å². The Morgan fingerprint density at radius 1 is 1.28 bits per heavy atom. The molecule has 0 saturated heterocycles. The Balaban J connectivity index is 0.000000420. The van der Waals surface area contributed by atoms with Crippen molar-refractivity contribution >= 4 is 46.8 Å². The van der Waals surface area contributed by atoms with Gasteiger partial charge in [-0.25, -0.2) is 14.3 Å². The number of nitrogens with one attached hydrogen (secondary N) is 2. The quantitative estimate of drug-likeness (QED) is 0.120. The van der Waals surface area contributed by atoms with Crippen molar-refractivity contribution in [3.05, 3.63) is 78.4 Å². The molecule has 10 heteroatoms. The third kappa shape index (κ3) is 12.4. The number of nitrogens with zero attached hydrogens (tertiary/aromatic N) is 5. The average Bonchev–Trinajstić information content (AvgIpc) is 3.83. The van der Waals surface area contributed by atoms with Gasteiger partial charge in [-0.1, -0.05) is 58.1 Å². The number of imidazole rings is 1. The van der Waals surface area contributed by atoms with Gasteiger partial charge in [0.25, 0.3) is 0 Å². The maximum atomic E-state index is 9.47. The van der Waals surface area contributed by atoms with Crippen molar-refractivity contribution in [1.29, 1.82) is 0 Å². The van der Waals surface area contributed by atoms with Crippen LogP contribution in [0.4, 0.5) is 17.2 Å². The lowest BCUT2D eigenvalue weighted by Crippen LogP contribution is -2.05. The largest absolute Gasteiger partial charge is 0.494 e. The number of aliphatic imine (C=N–C) groups is 2. The van der Waals surface area contributed by atoms with Gasteiger partial charge >= 0.3 is 0 Å². The fraction of sp³-hybridized carbons (Fsp3) is 0.405. The molecule has 0 aliphatic heterocycles. The SMILES string of the molecule is C=CC=N/C(=C\C)CC.CCCC(CC)N=C/C(=C\N)c1cccc(Nc2cc(NC)nn3cc(C)nc23)c1OC.O=C=CC1CC1. The van der Waals surface area contributed by atoms with E-state index < -0.39 is 0 Å². The van der Waals surface area contributed by atoms with Gasteiger partial charge < -0.3 is 21.1 Å². The molecule has 1 atom stereocenters. The molecule has 2 heterocycles. The van der Waals surface area contributed by atoms with Gasteiger partial charge in [-0.2, -0.15) is 0 Å². The number of aryl methyl sites for hydroxylation is 1. The lowest BCUT2D eigenvalue weighted by molar-refractivity contribution is 0.415. The van der Waals surface area contributed by atoms with E-state index in [9.17, 15) is 4.79 Å². The molecule has 1 aromatic carbocycles. The van der Waals surface area contributed by atoms with Crippen molar-refractivity contribution in [3.8, 4) is 5.75 Å². The zero-order valence-electron chi connectivity index (χ0n) is 29.1. The molecule has 1 unspecified atom stereocenters. The number of ether oxygens (including phenoxy) is 1. The van der Waals surface area contributed by atoms with Gasteiger partial charge in [-0.05, 0) is 57.9 Å². The normalized spacial score (nSPS) is 13.7. The van der Waals surface area contributed by atoms with Gasteiger partial charge in [0.05, 0.1) is 30.4 Å². The lowest BCUT2D eigenvalue weighted by atomic mass is 10.0. The first-order valence-corrected chi connectivity index (χ1v) is 16.3. The Morgan fingerprint density at radius 3 is 2.57 bits per heavy atom. The fourth-order valence-corrected chi connectivity index (χ4v) is 4.52. The highest BCUT2D eigenvalue weighted by molar-refractivity contribution is 6.11. The molecule has 4 N–H and O–H groups in total. The number of aromatic nitrogens is 3. The number of hydrogen-bond acceptors (Lipinski definition) is 9. The molecule has 2 aromatic heterocycles. The Kier molecular flexibility index (Phi) is 17.0. The van der Waals surface area contributed by atoms with Crippen LogP contribution in [0.1, 0.15) is 77.5 Å². The van der Waals surface area contributed by atoms with Crippen LogP contribution in [0, 0.1) is 12.8 Å². The summed E-state index contributed by atoms with van der Waals surface area (Å²) in [5, 5.41) is 11.1. The first-order valence-electron chi connectivity index (χ1n) is 16.3. The molecule has 1 aliphatic rings. The average molecular weight is 641 g/mol. The Morgan fingerprint density at radius 2 is 2.04 bits per heavy atom. The van der Waals surface area contributed by atoms with Gasteiger partial charge in [-0.3, -0.25) is 9.98 Å². The van der Waals surface area contributed by atoms with E-state index in [2.05, 4.69) is 53.1 Å². The van der Waals surface area contributed by atoms with Crippen LogP contribution in [0.5, 0.6) is 5.75 Å². The van der Waals surface area contributed by atoms with E-state index >= 15 is 0 Å². The summed E-state index contributed by atoms with van der Waals surface area (Å²) in [4.78, 5) is 22.9. The van der Waals surface area contributed by atoms with Crippen LogP contribution >= 0.6 is 0 Å². The minimum Gasteiger partial charge on any atom is -0.494 e. The van der Waals surface area contributed by atoms with Gasteiger partial charge in [0.15, 0.2) is 5.65 Å². The third-order valence-electron chi connectivity index (χ3n) is 7.27. The smallest absolute Gasteiger partial charge is 0.177 e. The van der Waals surface area contributed by atoms with Crippen molar-refractivity contribution in [3.63, 3.8) is 0 Å². The molecule has 0 radical (unpaired) electrons. The monoisotopic (exact) mass is 640 g/mol. The third-order valence-corrected chi connectivity index (χ3v) is 7.27. The van der Waals surface area contributed by atoms with Crippen LogP contribution < -0.4 is 21.1 Å². The van der Waals surface area contributed by atoms with Crippen LogP contribution in [0.2, 0.25) is 0 Å². The second kappa shape index (κ2) is 21.0. The Bertz CT molecular complexity index is 1590. The zero-order valence-corrected chi connectivity index (χ0v) is 29.1. The number of nitrogens with two attached hydrogens (primary N) is 1. The van der Waals surface area contributed by atoms with Crippen molar-refractivity contribution in [2.24, 2.45) is 21.6 Å². The number of rotatable bonds is 14. The molecule has 0 amide bonds. The Labute approximate surface area is 280 Å². The van der Waals surface area contributed by atoms with Crippen LogP contribution in [-0.2, 0) is 4.79 Å². The fourth-order valence-electron chi connectivity index (χ4n) is 4.52. The number of hydrogen-bond donors (Lipinski definition) is 3. The highest BCUT2D eigenvalue weighted by atomic mass is 16.5. The predicted molar refractivity (Wildman–Crippen MR) is 199 cm³/mol. The summed E-state index contributed by atoms with van der Waals surface area (Å²) in [6.07, 6.45) is 18.8. The molecule has 10 nitrogen and oxygen atoms in total. The van der Waals surface area contributed by atoms with E-state index in [0.717, 1.165) is 71.1 Å². The van der Waals surface area contributed by atoms with Crippen LogP contribution in [-0.4, -0.2) is 53.2 Å². The van der Waals surface area contributed by atoms with E-state index in [4.69, 9.17) is 15.5 Å². The number of anilines is 3. The molecule has 0 bridgehead atoms. The topological polar surface area (TPSA) is 131 Å². The van der Waals surface area contributed by atoms with Gasteiger partial charge in [0, 0.05) is 60.7 Å². The summed E-state index contributed by atoms with van der Waals surface area (Å²) in [6, 6.07) is 8.12. The van der Waals surface area contributed by atoms with Crippen LogP contribution in [0.25, 0.3) is 11.2 Å². The first kappa shape index (κ1) is 38.2. The summed E-state index contributed by atoms with van der Waals surface area (Å²) < 4.78 is 7.57. The Hall–Kier alpha value is -4.95. The first-order chi connectivity index (χ1) is 22.8. The minimum atomic E-state index is 0.288. The predicted octanol–water partition coefficient (Wildman–Crippen LogP) is 8.12. The molecular weight excluding hydrogens is 588 g/mol. The van der Waals surface area contributed by atoms with E-state index in [1.165, 1.54) is 12.8 Å². The van der Waals surface area contributed by atoms with Crippen LogP contribution in [0.15, 0.2) is 77.2 Å². The maximum absolute atomic E-state index is 9.47. The van der Waals surface area contributed by atoms with E-state index in [0.29, 0.717) is 11.7 Å². The number of benzene rings is 1. The van der Waals surface area contributed by atoms with E-state index in [1.54, 1.807) is 42.1 Å². The number of carbonyl (C=O) groups excluding carboxylic acids is 1. The summed E-state index contributed by atoms with van der Waals surface area (Å²) in [6.45, 7) is 13.9. The maximum Gasteiger partial charge on any atom is 0.177 e. The van der Waals surface area contributed by atoms with Crippen molar-refractivity contribution < 1.29 is 9.53 Å². The van der Waals surface area contributed by atoms with Gasteiger partial charge in [-0.15, -0.1) is 5.10 Å². The summed E-state index contributed by atoms with van der Waals surface area (Å²) >= 11 is 0. The zero-order chi connectivity index (χ0) is 34.6. The van der Waals surface area contributed by atoms with Crippen molar-refractivity contribution in [1.82, 2.24) is 14.6 Å². The number of allylic oxidation sites excluding steroid dienone is 5. The number of methoxy groups -OCH3 is 1. The molecular formula is C37H52N8O2. The molecule has 1 saturated carbocycles. The second-order valence-electron chi connectivity index (χ2n) is 10.9. The van der Waals surface area contributed by atoms with Crippen molar-refractivity contribution in [2.75, 3.05) is 24.8 Å². The molecule has 0 spiro atoms. The summed E-state index contributed by atoms with van der Waals surface area (Å²) in [5.74, 6) is 3.76. The minimum absolute atomic E-state index is 0.288. The highest BCUT2D eigenvalue weighted by Crippen LogP contribution is 2.36. The molecule has 1 fully saturated rings. The standard InChI is InChI=1S/C24H33N7O.C8H13N.C5H6O/c1-6-9-18(7-2)27-14-17(13-25)19-10-8-11-20(23(19)32-5)29-21-12-22(26-4)30-31-15-16(3)28-24(21)31;1-4-7-9-8(5-2)6-3;6-4-3-5-1-2-5/h8,10-15,18,29H,6-7,9,25H2,1-5H3,(H,26,30);4-5,7H,1,6H2,2-3H3;3,5H,1-2H2/b17-13+,27-14?;8-5-,9-7?;. The van der Waals surface area contributed by atoms with E-state index in [1.807, 2.05) is 63.6 Å². The van der Waals surface area contributed by atoms with E-state index in [-0.39, 0.29) is 6.04 Å². The molecule has 252 valence electrons. The molecule has 1 aliphatic carbocycles.